The number of hydrogen-bond donors (Lipinski definition) is 1. The van der Waals surface area contributed by atoms with Gasteiger partial charge in [0.1, 0.15) is 11.2 Å². The van der Waals surface area contributed by atoms with Gasteiger partial charge in [-0.3, -0.25) is 14.2 Å². The average Bonchev–Trinajstić information content (AvgIpc) is 3.41. The van der Waals surface area contributed by atoms with E-state index in [1.54, 1.807) is 34.9 Å². The van der Waals surface area contributed by atoms with Gasteiger partial charge in [-0.15, -0.1) is 0 Å². The molecular weight excluding hydrogens is 399 g/mol. The molecule has 3 aliphatic rings. The van der Waals surface area contributed by atoms with E-state index in [0.717, 1.165) is 24.0 Å². The summed E-state index contributed by atoms with van der Waals surface area (Å²) >= 11 is 12.6. The van der Waals surface area contributed by atoms with Crippen LogP contribution < -0.4 is 5.56 Å². The lowest BCUT2D eigenvalue weighted by atomic mass is 9.90. The largest absolute Gasteiger partial charge is 0.481 e. The van der Waals surface area contributed by atoms with Crippen molar-refractivity contribution < 1.29 is 9.90 Å². The Morgan fingerprint density at radius 1 is 1.29 bits per heavy atom. The summed E-state index contributed by atoms with van der Waals surface area (Å²) in [6.07, 6.45) is 7.91. The maximum atomic E-state index is 13.2. The van der Waals surface area contributed by atoms with Crippen molar-refractivity contribution in [3.8, 4) is 0 Å². The number of carboxylic acids is 1. The second-order valence-corrected chi connectivity index (χ2v) is 8.34. The molecule has 28 heavy (non-hydrogen) atoms. The first-order valence-electron chi connectivity index (χ1n) is 9.15. The minimum atomic E-state index is -0.953. The van der Waals surface area contributed by atoms with Crippen LogP contribution in [0.4, 0.5) is 0 Å². The minimum absolute atomic E-state index is 0.131. The first-order valence-corrected chi connectivity index (χ1v) is 9.91. The van der Waals surface area contributed by atoms with Crippen molar-refractivity contribution >= 4 is 46.9 Å². The Morgan fingerprint density at radius 3 is 2.75 bits per heavy atom. The fourth-order valence-corrected chi connectivity index (χ4v) is 4.83. The number of aromatic nitrogens is 2. The van der Waals surface area contributed by atoms with E-state index >= 15 is 0 Å². The van der Waals surface area contributed by atoms with Crippen LogP contribution in [-0.2, 0) is 11.2 Å². The third kappa shape index (κ3) is 2.43. The van der Waals surface area contributed by atoms with Crippen LogP contribution in [0.1, 0.15) is 47.9 Å². The quantitative estimate of drug-likeness (QED) is 0.786. The van der Waals surface area contributed by atoms with Crippen molar-refractivity contribution in [1.29, 1.82) is 0 Å². The fraction of sp³-hybridized carbons (Fsp3) is 0.286. The zero-order valence-electron chi connectivity index (χ0n) is 14.8. The Kier molecular flexibility index (Phi) is 3.83. The van der Waals surface area contributed by atoms with Gasteiger partial charge in [0.05, 0.1) is 11.7 Å². The Morgan fingerprint density at radius 2 is 2.04 bits per heavy atom. The van der Waals surface area contributed by atoms with Crippen LogP contribution in [0.15, 0.2) is 29.1 Å². The van der Waals surface area contributed by atoms with Gasteiger partial charge in [0.2, 0.25) is 0 Å². The molecular formula is C21H16Cl2N2O3. The lowest BCUT2D eigenvalue weighted by Crippen LogP contribution is -2.33. The van der Waals surface area contributed by atoms with Crippen LogP contribution in [0.2, 0.25) is 10.0 Å². The van der Waals surface area contributed by atoms with Crippen LogP contribution in [0, 0.1) is 5.41 Å². The monoisotopic (exact) mass is 414 g/mol. The molecule has 2 aliphatic carbocycles. The number of nitrogens with zero attached hydrogens (tertiary/aromatic N) is 2. The first kappa shape index (κ1) is 17.7. The SMILES string of the molecule is O=C(O)C12C=Cc3nc4c(c(=O)n3C1C2)CCCC4=Cc1c(Cl)cccc1Cl. The number of halogens is 2. The highest BCUT2D eigenvalue weighted by Gasteiger charge is 2.62. The Hall–Kier alpha value is -2.37. The molecule has 142 valence electrons. The fourth-order valence-electron chi connectivity index (χ4n) is 4.32. The summed E-state index contributed by atoms with van der Waals surface area (Å²) in [4.78, 5) is 29.6. The molecule has 2 heterocycles. The molecule has 0 amide bonds. The molecule has 1 aromatic heterocycles. The van der Waals surface area contributed by atoms with Crippen LogP contribution in [0.3, 0.4) is 0 Å². The first-order chi connectivity index (χ1) is 13.4. The molecule has 2 aromatic rings. The number of benzene rings is 1. The summed E-state index contributed by atoms with van der Waals surface area (Å²) in [6.45, 7) is 0. The molecule has 1 N–H and O–H groups in total. The van der Waals surface area contributed by atoms with Crippen molar-refractivity contribution in [2.75, 3.05) is 0 Å². The van der Waals surface area contributed by atoms with Gasteiger partial charge in [-0.25, -0.2) is 4.98 Å². The maximum Gasteiger partial charge on any atom is 0.315 e. The Balaban J connectivity index is 1.67. The van der Waals surface area contributed by atoms with Gasteiger partial charge in [0, 0.05) is 21.2 Å². The van der Waals surface area contributed by atoms with Gasteiger partial charge in [0.15, 0.2) is 0 Å². The molecule has 1 aliphatic heterocycles. The standard InChI is InChI=1S/C21H16Cl2N2O3/c22-14-5-2-6-15(23)13(14)9-11-3-1-4-12-18(11)24-17-7-8-21(20(27)28)10-16(21)25(17)19(12)26/h2,5-9,16H,1,3-4,10H2,(H,27,28). The summed E-state index contributed by atoms with van der Waals surface area (Å²) in [6, 6.07) is 5.00. The zero-order valence-corrected chi connectivity index (χ0v) is 16.3. The molecule has 0 spiro atoms. The molecule has 1 fully saturated rings. The highest BCUT2D eigenvalue weighted by Crippen LogP contribution is 2.59. The minimum Gasteiger partial charge on any atom is -0.481 e. The average molecular weight is 415 g/mol. The summed E-state index contributed by atoms with van der Waals surface area (Å²) in [5.74, 6) is -0.376. The van der Waals surface area contributed by atoms with E-state index in [4.69, 9.17) is 28.2 Å². The van der Waals surface area contributed by atoms with Crippen molar-refractivity contribution in [2.24, 2.45) is 5.41 Å². The van der Waals surface area contributed by atoms with Crippen molar-refractivity contribution in [2.45, 2.75) is 31.7 Å². The van der Waals surface area contributed by atoms with E-state index in [1.807, 2.05) is 6.08 Å². The molecule has 1 saturated carbocycles. The van der Waals surface area contributed by atoms with E-state index in [9.17, 15) is 14.7 Å². The van der Waals surface area contributed by atoms with Gasteiger partial charge >= 0.3 is 5.97 Å². The Labute approximate surface area is 170 Å². The number of fused-ring (bicyclic) bond motifs is 4. The van der Waals surface area contributed by atoms with Gasteiger partial charge in [-0.05, 0) is 55.5 Å². The molecule has 1 aromatic carbocycles. The number of carboxylic acid groups (broad SMARTS) is 1. The van der Waals surface area contributed by atoms with Crippen molar-refractivity contribution in [3.05, 3.63) is 67.3 Å². The van der Waals surface area contributed by atoms with Crippen LogP contribution in [0.5, 0.6) is 0 Å². The zero-order chi connectivity index (χ0) is 19.6. The normalized spacial score (nSPS) is 25.8. The molecule has 2 unspecified atom stereocenters. The van der Waals surface area contributed by atoms with E-state index in [0.29, 0.717) is 40.0 Å². The predicted octanol–water partition coefficient (Wildman–Crippen LogP) is 4.47. The third-order valence-electron chi connectivity index (χ3n) is 5.94. The van der Waals surface area contributed by atoms with E-state index < -0.39 is 11.4 Å². The number of carbonyl (C=O) groups is 1. The van der Waals surface area contributed by atoms with Gasteiger partial charge in [0.25, 0.3) is 5.56 Å². The third-order valence-corrected chi connectivity index (χ3v) is 6.60. The molecule has 5 rings (SSSR count). The topological polar surface area (TPSA) is 72.2 Å². The number of hydrogen-bond acceptors (Lipinski definition) is 3. The van der Waals surface area contributed by atoms with Gasteiger partial charge in [-0.1, -0.05) is 35.3 Å². The molecule has 2 atom stereocenters. The smallest absolute Gasteiger partial charge is 0.315 e. The predicted molar refractivity (Wildman–Crippen MR) is 109 cm³/mol. The summed E-state index contributed by atoms with van der Waals surface area (Å²) in [5, 5.41) is 10.6. The van der Waals surface area contributed by atoms with Crippen LogP contribution in [0.25, 0.3) is 17.7 Å². The summed E-state index contributed by atoms with van der Waals surface area (Å²) in [7, 11) is 0. The summed E-state index contributed by atoms with van der Waals surface area (Å²) < 4.78 is 1.57. The molecule has 0 radical (unpaired) electrons. The van der Waals surface area contributed by atoms with E-state index in [1.165, 1.54) is 0 Å². The molecule has 5 nitrogen and oxygen atoms in total. The molecule has 0 saturated heterocycles. The van der Waals surface area contributed by atoms with Crippen LogP contribution in [-0.4, -0.2) is 20.6 Å². The van der Waals surface area contributed by atoms with Crippen molar-refractivity contribution in [3.63, 3.8) is 0 Å². The Bertz CT molecular complexity index is 1140. The van der Waals surface area contributed by atoms with Gasteiger partial charge in [-0.2, -0.15) is 0 Å². The summed E-state index contributed by atoms with van der Waals surface area (Å²) in [5.41, 5.74) is 1.88. The lowest BCUT2D eigenvalue weighted by molar-refractivity contribution is -0.141. The number of aliphatic carboxylic acids is 1. The van der Waals surface area contributed by atoms with Crippen molar-refractivity contribution in [1.82, 2.24) is 9.55 Å². The molecule has 0 bridgehead atoms. The van der Waals surface area contributed by atoms with E-state index in [-0.39, 0.29) is 11.6 Å². The highest BCUT2D eigenvalue weighted by atomic mass is 35.5. The second-order valence-electron chi connectivity index (χ2n) is 7.53. The maximum absolute atomic E-state index is 13.2. The number of rotatable bonds is 2. The highest BCUT2D eigenvalue weighted by molar-refractivity contribution is 6.37. The van der Waals surface area contributed by atoms with Crippen LogP contribution >= 0.6 is 23.2 Å². The second kappa shape index (κ2) is 6.06. The van der Waals surface area contributed by atoms with E-state index in [2.05, 4.69) is 0 Å². The number of allylic oxidation sites excluding steroid dienone is 1. The lowest BCUT2D eigenvalue weighted by Gasteiger charge is -2.23. The molecule has 7 heteroatoms. The van der Waals surface area contributed by atoms with Gasteiger partial charge < -0.3 is 5.11 Å².